The van der Waals surface area contributed by atoms with Crippen molar-refractivity contribution in [3.63, 3.8) is 0 Å². The van der Waals surface area contributed by atoms with E-state index in [9.17, 15) is 0 Å². The third-order valence-corrected chi connectivity index (χ3v) is 2.94. The lowest BCUT2D eigenvalue weighted by molar-refractivity contribution is 0.0283. The molecule has 1 heterocycles. The molecule has 18 heavy (non-hydrogen) atoms. The van der Waals surface area contributed by atoms with Crippen molar-refractivity contribution in [3.05, 3.63) is 11.1 Å². The zero-order valence-electron chi connectivity index (χ0n) is 11.1. The van der Waals surface area contributed by atoms with Crippen LogP contribution in [0.15, 0.2) is 16.1 Å². The molecule has 2 N–H and O–H groups in total. The molecule has 1 fully saturated rings. The molecule has 0 aliphatic carbocycles. The number of rotatable bonds is 5. The number of aliphatic imine (C=N–C) groups is 1. The highest BCUT2D eigenvalue weighted by Gasteiger charge is 2.29. The summed E-state index contributed by atoms with van der Waals surface area (Å²) in [7, 11) is 0. The maximum atomic E-state index is 5.71. The van der Waals surface area contributed by atoms with Crippen molar-refractivity contribution >= 4 is 45.9 Å². The minimum atomic E-state index is -0.0895. The number of guanidine groups is 1. The van der Waals surface area contributed by atoms with Crippen LogP contribution < -0.4 is 10.6 Å². The number of nitrogens with zero attached hydrogens (tertiary/aromatic N) is 1. The van der Waals surface area contributed by atoms with Gasteiger partial charge in [0.15, 0.2) is 5.96 Å². The van der Waals surface area contributed by atoms with Gasteiger partial charge in [-0.2, -0.15) is 0 Å². The molecule has 0 radical (unpaired) electrons. The zero-order valence-corrected chi connectivity index (χ0v) is 15.0. The highest BCUT2D eigenvalue weighted by atomic mass is 127. The minimum Gasteiger partial charge on any atom is -0.373 e. The van der Waals surface area contributed by atoms with Crippen LogP contribution in [-0.2, 0) is 4.74 Å². The molecule has 0 aromatic heterocycles. The minimum absolute atomic E-state index is 0. The molecule has 4 nitrogen and oxygen atoms in total. The molecule has 1 aliphatic rings. The van der Waals surface area contributed by atoms with E-state index in [0.717, 1.165) is 36.4 Å². The Hall–Kier alpha value is 0.180. The monoisotopic (exact) mass is 431 g/mol. The topological polar surface area (TPSA) is 45.7 Å². The zero-order chi connectivity index (χ0) is 12.7. The smallest absolute Gasteiger partial charge is 0.191 e. The average Bonchev–Trinajstić information content (AvgIpc) is 2.70. The first-order chi connectivity index (χ1) is 8.06. The number of hydrogen-bond donors (Lipinski definition) is 2. The number of ether oxygens (including phenoxy) is 1. The first-order valence-corrected chi connectivity index (χ1v) is 6.84. The fraction of sp³-hybridized carbons (Fsp3) is 0.750. The predicted octanol–water partition coefficient (Wildman–Crippen LogP) is 2.64. The fourth-order valence-electron chi connectivity index (χ4n) is 1.73. The van der Waals surface area contributed by atoms with Crippen molar-refractivity contribution in [2.75, 3.05) is 26.2 Å². The summed E-state index contributed by atoms with van der Waals surface area (Å²) in [5.74, 6) is 0.810. The molecule has 1 atom stereocenters. The Morgan fingerprint density at radius 1 is 1.50 bits per heavy atom. The summed E-state index contributed by atoms with van der Waals surface area (Å²) < 4.78 is 6.61. The Kier molecular flexibility index (Phi) is 9.23. The first kappa shape index (κ1) is 18.2. The maximum Gasteiger partial charge on any atom is 0.191 e. The molecule has 0 aromatic rings. The van der Waals surface area contributed by atoms with E-state index in [1.54, 1.807) is 0 Å². The van der Waals surface area contributed by atoms with Crippen molar-refractivity contribution in [2.45, 2.75) is 32.3 Å². The maximum absolute atomic E-state index is 5.71. The van der Waals surface area contributed by atoms with E-state index in [0.29, 0.717) is 13.1 Å². The van der Waals surface area contributed by atoms with E-state index in [2.05, 4.69) is 45.1 Å². The molecular weight excluding hydrogens is 409 g/mol. The highest BCUT2D eigenvalue weighted by molar-refractivity contribution is 14.0. The quantitative estimate of drug-likeness (QED) is 0.399. The third kappa shape index (κ3) is 6.94. The van der Waals surface area contributed by atoms with Crippen molar-refractivity contribution in [3.8, 4) is 0 Å². The average molecular weight is 432 g/mol. The van der Waals surface area contributed by atoms with Gasteiger partial charge in [0.1, 0.15) is 0 Å². The van der Waals surface area contributed by atoms with Crippen molar-refractivity contribution in [2.24, 2.45) is 4.99 Å². The molecule has 0 saturated carbocycles. The van der Waals surface area contributed by atoms with Crippen LogP contribution in [0.25, 0.3) is 0 Å². The molecule has 0 bridgehead atoms. The standard InChI is InChI=1S/C12H22BrN3O.HI/c1-4-14-11(15-8-10(2)13)16-9-12(3)6-5-7-17-12;/h2,4-9H2,1,3H3,(H2,14,15,16);1H. The van der Waals surface area contributed by atoms with E-state index >= 15 is 0 Å². The van der Waals surface area contributed by atoms with Crippen LogP contribution in [0.4, 0.5) is 0 Å². The number of halogens is 2. The SMILES string of the molecule is C=C(Br)CNC(=NCC1(C)CCCO1)NCC.I. The van der Waals surface area contributed by atoms with Crippen molar-refractivity contribution in [1.29, 1.82) is 0 Å². The van der Waals surface area contributed by atoms with Gasteiger partial charge in [-0.15, -0.1) is 24.0 Å². The summed E-state index contributed by atoms with van der Waals surface area (Å²) in [4.78, 5) is 4.55. The Balaban J connectivity index is 0.00000289. The van der Waals surface area contributed by atoms with Gasteiger partial charge < -0.3 is 15.4 Å². The van der Waals surface area contributed by atoms with Crippen LogP contribution >= 0.6 is 39.9 Å². The predicted molar refractivity (Wildman–Crippen MR) is 91.1 cm³/mol. The number of hydrogen-bond acceptors (Lipinski definition) is 2. The molecular formula is C12H23BrIN3O. The van der Waals surface area contributed by atoms with Gasteiger partial charge in [-0.1, -0.05) is 22.5 Å². The Morgan fingerprint density at radius 2 is 2.22 bits per heavy atom. The summed E-state index contributed by atoms with van der Waals surface area (Å²) in [5, 5.41) is 6.40. The molecule has 0 spiro atoms. The van der Waals surface area contributed by atoms with Gasteiger partial charge in [0.05, 0.1) is 12.1 Å². The van der Waals surface area contributed by atoms with Gasteiger partial charge in [0.25, 0.3) is 0 Å². The summed E-state index contributed by atoms with van der Waals surface area (Å²) in [6, 6.07) is 0. The molecule has 106 valence electrons. The van der Waals surface area contributed by atoms with Crippen LogP contribution in [0.5, 0.6) is 0 Å². The molecule has 0 amide bonds. The Bertz CT molecular complexity index is 291. The molecule has 0 aromatic carbocycles. The van der Waals surface area contributed by atoms with Gasteiger partial charge in [-0.25, -0.2) is 0 Å². The normalized spacial score (nSPS) is 23.4. The third-order valence-electron chi connectivity index (χ3n) is 2.66. The van der Waals surface area contributed by atoms with Gasteiger partial charge in [-0.05, 0) is 26.7 Å². The first-order valence-electron chi connectivity index (χ1n) is 6.05. The van der Waals surface area contributed by atoms with Gasteiger partial charge in [0, 0.05) is 24.2 Å². The largest absolute Gasteiger partial charge is 0.373 e. The second-order valence-electron chi connectivity index (χ2n) is 4.47. The van der Waals surface area contributed by atoms with Gasteiger partial charge >= 0.3 is 0 Å². The van der Waals surface area contributed by atoms with E-state index in [1.165, 1.54) is 0 Å². The molecule has 1 saturated heterocycles. The second kappa shape index (κ2) is 9.14. The Morgan fingerprint density at radius 3 is 2.72 bits per heavy atom. The van der Waals surface area contributed by atoms with Crippen molar-refractivity contribution in [1.82, 2.24) is 10.6 Å². The van der Waals surface area contributed by atoms with Crippen LogP contribution in [0.3, 0.4) is 0 Å². The fourth-order valence-corrected chi connectivity index (χ4v) is 1.87. The van der Waals surface area contributed by atoms with Crippen LogP contribution in [0.1, 0.15) is 26.7 Å². The van der Waals surface area contributed by atoms with E-state index < -0.39 is 0 Å². The van der Waals surface area contributed by atoms with E-state index in [4.69, 9.17) is 4.74 Å². The van der Waals surface area contributed by atoms with Crippen LogP contribution in [-0.4, -0.2) is 37.8 Å². The van der Waals surface area contributed by atoms with Crippen LogP contribution in [0.2, 0.25) is 0 Å². The summed E-state index contributed by atoms with van der Waals surface area (Å²) in [5.41, 5.74) is -0.0895. The lowest BCUT2D eigenvalue weighted by atomic mass is 10.0. The van der Waals surface area contributed by atoms with Gasteiger partial charge in [-0.3, -0.25) is 4.99 Å². The van der Waals surface area contributed by atoms with Crippen LogP contribution in [0, 0.1) is 0 Å². The molecule has 1 unspecified atom stereocenters. The summed E-state index contributed by atoms with van der Waals surface area (Å²) in [6.45, 7) is 11.0. The molecule has 1 aliphatic heterocycles. The summed E-state index contributed by atoms with van der Waals surface area (Å²) >= 11 is 3.32. The second-order valence-corrected chi connectivity index (χ2v) is 5.59. The lowest BCUT2D eigenvalue weighted by Crippen LogP contribution is -2.39. The lowest BCUT2D eigenvalue weighted by Gasteiger charge is -2.21. The van der Waals surface area contributed by atoms with Gasteiger partial charge in [0.2, 0.25) is 0 Å². The molecule has 1 rings (SSSR count). The Labute approximate surface area is 135 Å². The molecule has 6 heteroatoms. The number of nitrogens with one attached hydrogen (secondary N) is 2. The van der Waals surface area contributed by atoms with E-state index in [1.807, 2.05) is 6.92 Å². The van der Waals surface area contributed by atoms with E-state index in [-0.39, 0.29) is 29.6 Å². The van der Waals surface area contributed by atoms with Crippen molar-refractivity contribution < 1.29 is 4.74 Å². The summed E-state index contributed by atoms with van der Waals surface area (Å²) in [6.07, 6.45) is 2.22. The highest BCUT2D eigenvalue weighted by Crippen LogP contribution is 2.24.